The third-order valence-corrected chi connectivity index (χ3v) is 2.65. The van der Waals surface area contributed by atoms with Crippen molar-refractivity contribution in [3.8, 4) is 0 Å². The van der Waals surface area contributed by atoms with E-state index in [-0.39, 0.29) is 11.3 Å². The average Bonchev–Trinajstić information content (AvgIpc) is 2.27. The first-order chi connectivity index (χ1) is 7.84. The van der Waals surface area contributed by atoms with E-state index in [0.717, 1.165) is 0 Å². The number of carboxylic acids is 1. The smallest absolute Gasteiger partial charge is 0.337 e. The van der Waals surface area contributed by atoms with Crippen molar-refractivity contribution in [1.82, 2.24) is 0 Å². The second-order valence-corrected chi connectivity index (χ2v) is 4.45. The van der Waals surface area contributed by atoms with Gasteiger partial charge in [0, 0.05) is 5.56 Å². The van der Waals surface area contributed by atoms with Gasteiger partial charge in [0.15, 0.2) is 11.9 Å². The standard InChI is InChI=1S/C12H13ClO4/c1-6-3-4-8(10(14)7(2)13)5-9(6)11(15)12(16)17/h3-5,7,11,15H,1-2H3,(H,16,17). The zero-order chi connectivity index (χ0) is 13.2. The summed E-state index contributed by atoms with van der Waals surface area (Å²) >= 11 is 5.67. The summed E-state index contributed by atoms with van der Waals surface area (Å²) in [7, 11) is 0. The lowest BCUT2D eigenvalue weighted by molar-refractivity contribution is -0.147. The Bertz CT molecular complexity index is 454. The number of benzene rings is 1. The van der Waals surface area contributed by atoms with Crippen LogP contribution < -0.4 is 0 Å². The highest BCUT2D eigenvalue weighted by molar-refractivity contribution is 6.33. The average molecular weight is 257 g/mol. The van der Waals surface area contributed by atoms with Gasteiger partial charge in [-0.25, -0.2) is 4.79 Å². The molecule has 92 valence electrons. The Morgan fingerprint density at radius 1 is 1.35 bits per heavy atom. The summed E-state index contributed by atoms with van der Waals surface area (Å²) in [6, 6.07) is 4.53. The van der Waals surface area contributed by atoms with Crippen LogP contribution in [0.4, 0.5) is 0 Å². The fourth-order valence-electron chi connectivity index (χ4n) is 1.45. The number of hydrogen-bond acceptors (Lipinski definition) is 3. The third kappa shape index (κ3) is 3.05. The number of carbonyl (C=O) groups excluding carboxylic acids is 1. The van der Waals surface area contributed by atoms with E-state index in [0.29, 0.717) is 11.1 Å². The predicted octanol–water partition coefficient (Wildman–Crippen LogP) is 1.92. The maximum Gasteiger partial charge on any atom is 0.337 e. The summed E-state index contributed by atoms with van der Waals surface area (Å²) < 4.78 is 0. The first-order valence-corrected chi connectivity index (χ1v) is 5.48. The molecule has 1 aromatic carbocycles. The number of ketones is 1. The van der Waals surface area contributed by atoms with Gasteiger partial charge in [0.2, 0.25) is 0 Å². The van der Waals surface area contributed by atoms with Crippen LogP contribution in [-0.4, -0.2) is 27.3 Å². The van der Waals surface area contributed by atoms with Gasteiger partial charge in [-0.3, -0.25) is 4.79 Å². The summed E-state index contributed by atoms with van der Waals surface area (Å²) in [4.78, 5) is 22.3. The van der Waals surface area contributed by atoms with Gasteiger partial charge in [0.05, 0.1) is 5.38 Å². The van der Waals surface area contributed by atoms with E-state index in [9.17, 15) is 14.7 Å². The monoisotopic (exact) mass is 256 g/mol. The molecule has 2 atom stereocenters. The highest BCUT2D eigenvalue weighted by Gasteiger charge is 2.20. The molecule has 0 heterocycles. The molecule has 0 aliphatic heterocycles. The number of Topliss-reactive ketones (excluding diaryl/α,β-unsaturated/α-hetero) is 1. The molecule has 4 nitrogen and oxygen atoms in total. The first kappa shape index (κ1) is 13.7. The predicted molar refractivity (Wildman–Crippen MR) is 63.4 cm³/mol. The highest BCUT2D eigenvalue weighted by atomic mass is 35.5. The molecular weight excluding hydrogens is 244 g/mol. The summed E-state index contributed by atoms with van der Waals surface area (Å²) in [5.74, 6) is -1.65. The van der Waals surface area contributed by atoms with Crippen LogP contribution in [0, 0.1) is 6.92 Å². The summed E-state index contributed by atoms with van der Waals surface area (Å²) in [5.41, 5.74) is 1.12. The number of carbonyl (C=O) groups is 2. The molecule has 0 amide bonds. The van der Waals surface area contributed by atoms with E-state index >= 15 is 0 Å². The summed E-state index contributed by atoms with van der Waals surface area (Å²) in [6.45, 7) is 3.21. The Balaban J connectivity index is 3.19. The fraction of sp³-hybridized carbons (Fsp3) is 0.333. The van der Waals surface area contributed by atoms with Crippen molar-refractivity contribution in [3.63, 3.8) is 0 Å². The molecule has 2 unspecified atom stereocenters. The van der Waals surface area contributed by atoms with Crippen molar-refractivity contribution in [1.29, 1.82) is 0 Å². The van der Waals surface area contributed by atoms with E-state index in [4.69, 9.17) is 16.7 Å². The van der Waals surface area contributed by atoms with Gasteiger partial charge in [-0.05, 0) is 31.0 Å². The Kier molecular flexibility index (Phi) is 4.26. The Morgan fingerprint density at radius 3 is 2.41 bits per heavy atom. The molecule has 0 aromatic heterocycles. The highest BCUT2D eigenvalue weighted by Crippen LogP contribution is 2.21. The number of aliphatic hydroxyl groups excluding tert-OH is 1. The quantitative estimate of drug-likeness (QED) is 0.638. The molecule has 0 bridgehead atoms. The van der Waals surface area contributed by atoms with Crippen molar-refractivity contribution in [3.05, 3.63) is 34.9 Å². The van der Waals surface area contributed by atoms with E-state index in [1.165, 1.54) is 13.0 Å². The fourth-order valence-corrected chi connectivity index (χ4v) is 1.58. The SMILES string of the molecule is Cc1ccc(C(=O)C(C)Cl)cc1C(O)C(=O)O. The summed E-state index contributed by atoms with van der Waals surface area (Å²) in [6.07, 6.45) is -1.63. The normalized spacial score (nSPS) is 14.1. The molecule has 1 aromatic rings. The second kappa shape index (κ2) is 5.29. The topological polar surface area (TPSA) is 74.6 Å². The van der Waals surface area contributed by atoms with Crippen LogP contribution in [0.3, 0.4) is 0 Å². The lowest BCUT2D eigenvalue weighted by Crippen LogP contribution is -2.15. The van der Waals surface area contributed by atoms with Crippen LogP contribution in [0.25, 0.3) is 0 Å². The van der Waals surface area contributed by atoms with Crippen molar-refractivity contribution in [2.45, 2.75) is 25.3 Å². The van der Waals surface area contributed by atoms with Gasteiger partial charge in [0.25, 0.3) is 0 Å². The van der Waals surface area contributed by atoms with E-state index in [2.05, 4.69) is 0 Å². The first-order valence-electron chi connectivity index (χ1n) is 5.04. The number of aliphatic carboxylic acids is 1. The molecule has 1 rings (SSSR count). The maximum absolute atomic E-state index is 11.6. The molecule has 0 radical (unpaired) electrons. The minimum Gasteiger partial charge on any atom is -0.479 e. The van der Waals surface area contributed by atoms with Crippen LogP contribution in [-0.2, 0) is 4.79 Å². The van der Waals surface area contributed by atoms with Gasteiger partial charge in [-0.15, -0.1) is 11.6 Å². The largest absolute Gasteiger partial charge is 0.479 e. The molecule has 0 saturated carbocycles. The van der Waals surface area contributed by atoms with Crippen LogP contribution in [0.5, 0.6) is 0 Å². The van der Waals surface area contributed by atoms with Crippen molar-refractivity contribution >= 4 is 23.4 Å². The second-order valence-electron chi connectivity index (χ2n) is 3.79. The zero-order valence-electron chi connectivity index (χ0n) is 9.48. The molecule has 5 heteroatoms. The lowest BCUT2D eigenvalue weighted by Gasteiger charge is -2.11. The molecule has 0 saturated heterocycles. The van der Waals surface area contributed by atoms with Crippen molar-refractivity contribution < 1.29 is 19.8 Å². The molecular formula is C12H13ClO4. The molecule has 0 fully saturated rings. The molecule has 0 aliphatic rings. The zero-order valence-corrected chi connectivity index (χ0v) is 10.2. The molecule has 0 aliphatic carbocycles. The third-order valence-electron chi connectivity index (χ3n) is 2.45. The van der Waals surface area contributed by atoms with E-state index in [1.54, 1.807) is 19.1 Å². The summed E-state index contributed by atoms with van der Waals surface area (Å²) in [5, 5.41) is 17.5. The number of aryl methyl sites for hydroxylation is 1. The van der Waals surface area contributed by atoms with Gasteiger partial charge in [-0.1, -0.05) is 12.1 Å². The van der Waals surface area contributed by atoms with Crippen LogP contribution in [0.1, 0.15) is 34.5 Å². The van der Waals surface area contributed by atoms with Crippen LogP contribution in [0.15, 0.2) is 18.2 Å². The van der Waals surface area contributed by atoms with Crippen LogP contribution >= 0.6 is 11.6 Å². The lowest BCUT2D eigenvalue weighted by atomic mass is 9.98. The van der Waals surface area contributed by atoms with Gasteiger partial charge >= 0.3 is 5.97 Å². The Labute approximate surface area is 104 Å². The minimum atomic E-state index is -1.63. The van der Waals surface area contributed by atoms with Crippen molar-refractivity contribution in [2.24, 2.45) is 0 Å². The van der Waals surface area contributed by atoms with Gasteiger partial charge in [0.1, 0.15) is 0 Å². The number of alkyl halides is 1. The van der Waals surface area contributed by atoms with Gasteiger partial charge in [-0.2, -0.15) is 0 Å². The number of hydrogen-bond donors (Lipinski definition) is 2. The number of rotatable bonds is 4. The maximum atomic E-state index is 11.6. The Hall–Kier alpha value is -1.39. The van der Waals surface area contributed by atoms with Crippen LogP contribution in [0.2, 0.25) is 0 Å². The molecule has 2 N–H and O–H groups in total. The minimum absolute atomic E-state index is 0.209. The van der Waals surface area contributed by atoms with Crippen molar-refractivity contribution in [2.75, 3.05) is 0 Å². The van der Waals surface area contributed by atoms with E-state index in [1.807, 2.05) is 0 Å². The van der Waals surface area contributed by atoms with Gasteiger partial charge < -0.3 is 10.2 Å². The van der Waals surface area contributed by atoms with E-state index < -0.39 is 17.5 Å². The number of halogens is 1. The molecule has 0 spiro atoms. The number of carboxylic acid groups (broad SMARTS) is 1. The number of aliphatic hydroxyl groups is 1. The Morgan fingerprint density at radius 2 is 1.94 bits per heavy atom. The molecule has 17 heavy (non-hydrogen) atoms.